The van der Waals surface area contributed by atoms with Crippen molar-refractivity contribution in [1.29, 1.82) is 0 Å². The van der Waals surface area contributed by atoms with Crippen molar-refractivity contribution in [2.24, 2.45) is 17.6 Å². The summed E-state index contributed by atoms with van der Waals surface area (Å²) in [4.78, 5) is 4.72. The number of hydrogen-bond donors (Lipinski definition) is 1. The van der Waals surface area contributed by atoms with Crippen LogP contribution in [-0.4, -0.2) is 56.6 Å². The van der Waals surface area contributed by atoms with Gasteiger partial charge in [-0.1, -0.05) is 19.8 Å². The fourth-order valence-corrected chi connectivity index (χ4v) is 3.09. The molecule has 0 spiro atoms. The molecule has 0 aromatic heterocycles. The quantitative estimate of drug-likeness (QED) is 0.767. The molecule has 0 amide bonds. The van der Waals surface area contributed by atoms with Gasteiger partial charge >= 0.3 is 0 Å². The van der Waals surface area contributed by atoms with Crippen molar-refractivity contribution < 1.29 is 0 Å². The zero-order valence-electron chi connectivity index (χ0n) is 12.2. The van der Waals surface area contributed by atoms with Crippen LogP contribution in [0.3, 0.4) is 0 Å². The molecule has 0 aromatic rings. The van der Waals surface area contributed by atoms with E-state index in [1.54, 1.807) is 0 Å². The third kappa shape index (κ3) is 4.94. The molecule has 0 aliphatic heterocycles. The van der Waals surface area contributed by atoms with Crippen LogP contribution >= 0.6 is 0 Å². The normalized spacial score (nSPS) is 27.7. The highest BCUT2D eigenvalue weighted by atomic mass is 15.2. The molecule has 3 heteroatoms. The van der Waals surface area contributed by atoms with Crippen molar-refractivity contribution >= 4 is 0 Å². The summed E-state index contributed by atoms with van der Waals surface area (Å²) in [5.74, 6) is 1.71. The monoisotopic (exact) mass is 241 g/mol. The van der Waals surface area contributed by atoms with Gasteiger partial charge in [-0.15, -0.1) is 0 Å². The molecule has 1 aliphatic rings. The molecule has 102 valence electrons. The van der Waals surface area contributed by atoms with Crippen LogP contribution in [0.4, 0.5) is 0 Å². The zero-order valence-corrected chi connectivity index (χ0v) is 12.2. The second kappa shape index (κ2) is 7.34. The molecule has 0 radical (unpaired) electrons. The van der Waals surface area contributed by atoms with E-state index in [1.165, 1.54) is 25.7 Å². The second-order valence-electron chi connectivity index (χ2n) is 6.12. The fourth-order valence-electron chi connectivity index (χ4n) is 3.09. The van der Waals surface area contributed by atoms with Crippen molar-refractivity contribution in [2.45, 2.75) is 38.6 Å². The van der Waals surface area contributed by atoms with Gasteiger partial charge in [0, 0.05) is 25.7 Å². The lowest BCUT2D eigenvalue weighted by Gasteiger charge is -2.38. The summed E-state index contributed by atoms with van der Waals surface area (Å²) in [6, 6.07) is 0.581. The van der Waals surface area contributed by atoms with Gasteiger partial charge in [0.25, 0.3) is 0 Å². The SMILES string of the molecule is CC1CCCC(C(CN)N(C)CCN(C)C)C1. The number of hydrogen-bond acceptors (Lipinski definition) is 3. The van der Waals surface area contributed by atoms with Gasteiger partial charge in [0.05, 0.1) is 0 Å². The standard InChI is InChI=1S/C14H31N3/c1-12-6-5-7-13(10-12)14(11-15)17(4)9-8-16(2)3/h12-14H,5-11,15H2,1-4H3. The Balaban J connectivity index is 2.45. The molecule has 1 aliphatic carbocycles. The molecule has 0 heterocycles. The Morgan fingerprint density at radius 1 is 1.18 bits per heavy atom. The Morgan fingerprint density at radius 2 is 1.88 bits per heavy atom. The van der Waals surface area contributed by atoms with E-state index in [0.29, 0.717) is 6.04 Å². The van der Waals surface area contributed by atoms with E-state index in [-0.39, 0.29) is 0 Å². The molecule has 2 N–H and O–H groups in total. The molecule has 1 fully saturated rings. The molecule has 0 aromatic carbocycles. The molecule has 3 unspecified atom stereocenters. The van der Waals surface area contributed by atoms with Gasteiger partial charge in [-0.25, -0.2) is 0 Å². The van der Waals surface area contributed by atoms with E-state index < -0.39 is 0 Å². The summed E-state index contributed by atoms with van der Waals surface area (Å²) < 4.78 is 0. The van der Waals surface area contributed by atoms with Crippen LogP contribution in [0.2, 0.25) is 0 Å². The minimum atomic E-state index is 0.581. The lowest BCUT2D eigenvalue weighted by atomic mass is 9.78. The van der Waals surface area contributed by atoms with E-state index in [1.807, 2.05) is 0 Å². The van der Waals surface area contributed by atoms with Gasteiger partial charge < -0.3 is 15.5 Å². The lowest BCUT2D eigenvalue weighted by molar-refractivity contribution is 0.123. The molecule has 0 bridgehead atoms. The highest BCUT2D eigenvalue weighted by Crippen LogP contribution is 2.32. The Morgan fingerprint density at radius 3 is 2.41 bits per heavy atom. The molecule has 3 nitrogen and oxygen atoms in total. The van der Waals surface area contributed by atoms with Crippen molar-refractivity contribution in [1.82, 2.24) is 9.80 Å². The summed E-state index contributed by atoms with van der Waals surface area (Å²) in [5, 5.41) is 0. The number of nitrogens with two attached hydrogens (primary N) is 1. The number of likely N-dealkylation sites (N-methyl/N-ethyl adjacent to an activating group) is 2. The Hall–Kier alpha value is -0.120. The van der Waals surface area contributed by atoms with Crippen LogP contribution in [0.5, 0.6) is 0 Å². The molecule has 17 heavy (non-hydrogen) atoms. The number of rotatable bonds is 6. The topological polar surface area (TPSA) is 32.5 Å². The van der Waals surface area contributed by atoms with Crippen molar-refractivity contribution in [3.05, 3.63) is 0 Å². The van der Waals surface area contributed by atoms with Gasteiger partial charge in [-0.05, 0) is 45.8 Å². The zero-order chi connectivity index (χ0) is 12.8. The summed E-state index contributed by atoms with van der Waals surface area (Å²) >= 11 is 0. The van der Waals surface area contributed by atoms with Gasteiger partial charge in [0.15, 0.2) is 0 Å². The third-order valence-electron chi connectivity index (χ3n) is 4.23. The summed E-state index contributed by atoms with van der Waals surface area (Å²) in [6.07, 6.45) is 5.55. The van der Waals surface area contributed by atoms with Crippen LogP contribution in [0.15, 0.2) is 0 Å². The maximum Gasteiger partial charge on any atom is 0.0244 e. The van der Waals surface area contributed by atoms with E-state index in [2.05, 4.69) is 37.9 Å². The van der Waals surface area contributed by atoms with Crippen molar-refractivity contribution in [3.63, 3.8) is 0 Å². The van der Waals surface area contributed by atoms with Crippen LogP contribution in [0, 0.1) is 11.8 Å². The molecular weight excluding hydrogens is 210 g/mol. The maximum absolute atomic E-state index is 6.00. The smallest absolute Gasteiger partial charge is 0.0244 e. The van der Waals surface area contributed by atoms with Crippen LogP contribution in [0.1, 0.15) is 32.6 Å². The minimum Gasteiger partial charge on any atom is -0.329 e. The first kappa shape index (κ1) is 14.9. The summed E-state index contributed by atoms with van der Waals surface area (Å²) in [6.45, 7) is 5.44. The highest BCUT2D eigenvalue weighted by molar-refractivity contribution is 4.83. The predicted molar refractivity (Wildman–Crippen MR) is 75.1 cm³/mol. The Kier molecular flexibility index (Phi) is 6.45. The highest BCUT2D eigenvalue weighted by Gasteiger charge is 2.28. The van der Waals surface area contributed by atoms with Crippen molar-refractivity contribution in [3.8, 4) is 0 Å². The van der Waals surface area contributed by atoms with E-state index in [4.69, 9.17) is 5.73 Å². The first-order valence-corrected chi connectivity index (χ1v) is 7.09. The predicted octanol–water partition coefficient (Wildman–Crippen LogP) is 1.63. The van der Waals surface area contributed by atoms with Crippen LogP contribution in [-0.2, 0) is 0 Å². The molecule has 1 saturated carbocycles. The average molecular weight is 241 g/mol. The van der Waals surface area contributed by atoms with Crippen LogP contribution in [0.25, 0.3) is 0 Å². The summed E-state index contributed by atoms with van der Waals surface area (Å²) in [7, 11) is 6.50. The Bertz CT molecular complexity index is 206. The van der Waals surface area contributed by atoms with E-state index in [0.717, 1.165) is 31.5 Å². The third-order valence-corrected chi connectivity index (χ3v) is 4.23. The molecular formula is C14H31N3. The maximum atomic E-state index is 6.00. The first-order chi connectivity index (χ1) is 8.04. The van der Waals surface area contributed by atoms with Gasteiger partial charge in [0.2, 0.25) is 0 Å². The average Bonchev–Trinajstić information content (AvgIpc) is 2.27. The van der Waals surface area contributed by atoms with Crippen LogP contribution < -0.4 is 5.73 Å². The second-order valence-corrected chi connectivity index (χ2v) is 6.12. The minimum absolute atomic E-state index is 0.581. The van der Waals surface area contributed by atoms with E-state index in [9.17, 15) is 0 Å². The van der Waals surface area contributed by atoms with Gasteiger partial charge in [-0.2, -0.15) is 0 Å². The molecule has 0 saturated heterocycles. The van der Waals surface area contributed by atoms with Gasteiger partial charge in [-0.3, -0.25) is 0 Å². The number of nitrogens with zero attached hydrogens (tertiary/aromatic N) is 2. The van der Waals surface area contributed by atoms with Crippen molar-refractivity contribution in [2.75, 3.05) is 40.8 Å². The molecule has 1 rings (SSSR count). The lowest BCUT2D eigenvalue weighted by Crippen LogP contribution is -2.46. The largest absolute Gasteiger partial charge is 0.329 e. The van der Waals surface area contributed by atoms with E-state index >= 15 is 0 Å². The first-order valence-electron chi connectivity index (χ1n) is 7.09. The summed E-state index contributed by atoms with van der Waals surface area (Å²) in [5.41, 5.74) is 6.00. The van der Waals surface area contributed by atoms with Gasteiger partial charge in [0.1, 0.15) is 0 Å². The molecule has 3 atom stereocenters. The Labute approximate surface area is 107 Å². The fraction of sp³-hybridized carbons (Fsp3) is 1.00.